The molecule has 21 heteroatoms. The Morgan fingerprint density at radius 2 is 1.02 bits per heavy atom. The molecule has 0 atom stereocenters. The van der Waals surface area contributed by atoms with Gasteiger partial charge in [0, 0.05) is 72.0 Å². The van der Waals surface area contributed by atoms with E-state index in [1.807, 2.05) is 0 Å². The summed E-state index contributed by atoms with van der Waals surface area (Å²) < 4.78 is 0. The van der Waals surface area contributed by atoms with E-state index in [4.69, 9.17) is 9.59 Å². The van der Waals surface area contributed by atoms with Crippen LogP contribution in [0.1, 0.15) is 0 Å². The van der Waals surface area contributed by atoms with Crippen molar-refractivity contribution in [3.05, 3.63) is 7.05 Å². The summed E-state index contributed by atoms with van der Waals surface area (Å²) in [5, 5.41) is 42.7. The number of nitrogens with one attached hydrogen (secondary N) is 1. The molecule has 1 saturated heterocycles. The van der Waals surface area contributed by atoms with Crippen LogP contribution in [0, 0.1) is 47.0 Å². The summed E-state index contributed by atoms with van der Waals surface area (Å²) in [7, 11) is 3.40. The second-order valence-electron chi connectivity index (χ2n) is 9.02. The Balaban J connectivity index is -0.00000128. The first-order valence-electron chi connectivity index (χ1n) is 12.3. The zero-order valence-electron chi connectivity index (χ0n) is 24.9. The Kier molecular flexibility index (Phi) is 34.2. The number of carboxylic acid groups (broad SMARTS) is 4. The summed E-state index contributed by atoms with van der Waals surface area (Å²) in [4.78, 5) is 92.5. The van der Waals surface area contributed by atoms with Gasteiger partial charge < -0.3 is 40.2 Å². The van der Waals surface area contributed by atoms with E-state index >= 15 is 0 Å². The van der Waals surface area contributed by atoms with Crippen LogP contribution in [-0.2, 0) is 38.4 Å². The van der Waals surface area contributed by atoms with Crippen molar-refractivity contribution in [1.29, 1.82) is 0 Å². The van der Waals surface area contributed by atoms with Gasteiger partial charge in [-0.2, -0.15) is 9.59 Å². The number of carbonyl (C=O) groups excluding carboxylic acids is 6. The second kappa shape index (κ2) is 29.9. The summed E-state index contributed by atoms with van der Waals surface area (Å²) in [5.41, 5.74) is 0. The minimum atomic E-state index is -1.40. The topological polar surface area (TPSA) is 251 Å². The average Bonchev–Trinajstić information content (AvgIpc) is 2.83. The van der Waals surface area contributed by atoms with Crippen LogP contribution in [0.25, 0.3) is 0 Å². The minimum Gasteiger partial charge on any atom is -0.549 e. The first kappa shape index (κ1) is 50.4. The van der Waals surface area contributed by atoms with E-state index in [1.54, 1.807) is 19.6 Å². The maximum Gasteiger partial charge on any atom is 3.00 e. The van der Waals surface area contributed by atoms with Gasteiger partial charge in [0.25, 0.3) is 0 Å². The first-order valence-corrected chi connectivity index (χ1v) is 12.3. The Morgan fingerprint density at radius 3 is 1.34 bits per heavy atom. The van der Waals surface area contributed by atoms with Gasteiger partial charge in [-0.15, -0.1) is 0 Å². The molecule has 0 aromatic heterocycles. The van der Waals surface area contributed by atoms with E-state index in [0.29, 0.717) is 0 Å². The van der Waals surface area contributed by atoms with Crippen molar-refractivity contribution in [2.75, 3.05) is 98.2 Å². The minimum absolute atomic E-state index is 0. The van der Waals surface area contributed by atoms with Crippen molar-refractivity contribution in [2.45, 2.75) is 0 Å². The first-order chi connectivity index (χ1) is 19.2. The van der Waals surface area contributed by atoms with Gasteiger partial charge in [0.1, 0.15) is 0 Å². The summed E-state index contributed by atoms with van der Waals surface area (Å²) >= 11 is 0. The molecule has 0 spiro atoms. The molecule has 0 aliphatic carbocycles. The Bertz CT molecular complexity index is 913. The number of hydrogen-bond donors (Lipinski definition) is 3. The number of carbonyl (C=O) groups is 6. The Hall–Kier alpha value is -0.475. The van der Waals surface area contributed by atoms with Crippen molar-refractivity contribution in [3.63, 3.8) is 0 Å². The number of hydrogen-bond acceptors (Lipinski definition) is 15. The van der Waals surface area contributed by atoms with Crippen LogP contribution in [-0.4, -0.2) is 175 Å². The molecule has 0 saturated carbocycles. The van der Waals surface area contributed by atoms with Crippen molar-refractivity contribution < 1.29 is 158 Å². The largest absolute Gasteiger partial charge is 3.00 e. The summed E-state index contributed by atoms with van der Waals surface area (Å²) in [6.45, 7) is -0.513. The smallest absolute Gasteiger partial charge is 0.549 e. The second-order valence-corrected chi connectivity index (χ2v) is 9.02. The maximum absolute atomic E-state index is 12.5. The van der Waals surface area contributed by atoms with Gasteiger partial charge in [-0.25, -0.2) is 0 Å². The van der Waals surface area contributed by atoms with Crippen molar-refractivity contribution >= 4 is 41.7 Å². The molecule has 1 heterocycles. The molecule has 0 unspecified atom stereocenters. The number of aliphatic carboxylic acids is 4. The third-order valence-corrected chi connectivity index (χ3v) is 5.60. The van der Waals surface area contributed by atoms with Crippen molar-refractivity contribution in [3.8, 4) is 0 Å². The summed E-state index contributed by atoms with van der Waals surface area (Å²) in [6, 6.07) is 0. The van der Waals surface area contributed by atoms with Crippen LogP contribution in [0.2, 0.25) is 0 Å². The van der Waals surface area contributed by atoms with E-state index in [9.17, 15) is 49.2 Å². The predicted molar refractivity (Wildman–Crippen MR) is 131 cm³/mol. The summed E-state index contributed by atoms with van der Waals surface area (Å²) in [6.07, 6.45) is 0.250. The molecule has 44 heavy (non-hydrogen) atoms. The van der Waals surface area contributed by atoms with Gasteiger partial charge in [-0.05, 0) is 0 Å². The number of Topliss-reactive ketones (excluding diaryl/α,β-unsaturated/α-hetero) is 1. The molecule has 0 aromatic rings. The van der Waals surface area contributed by atoms with Crippen LogP contribution < -0.4 is 74.6 Å². The van der Waals surface area contributed by atoms with Gasteiger partial charge >= 0.3 is 117 Å². The molecule has 3 N–H and O–H groups in total. The number of nitrogens with zero attached hydrogens (tertiary/aromatic N) is 5. The van der Waals surface area contributed by atoms with Gasteiger partial charge in [-0.1, -0.05) is 0 Å². The summed E-state index contributed by atoms with van der Waals surface area (Å²) in [5.74, 6) is -5.82. The van der Waals surface area contributed by atoms with Crippen LogP contribution in [0.15, 0.2) is 0 Å². The molecule has 0 bridgehead atoms. The maximum atomic E-state index is 12.5. The standard InChI is InChI=1S/C22H37N6O10.CO2.Gd.2Na/c1-24(13-19(31)32)11-17(29)10-23-18(30)12-25-2-4-26(14-20(33)34)6-8-28(16-22(37)38)9-7-27(5-3-25)15-21(35)36;2-1-3;;;/h1-16H2,(H,23,30)(H,31,32)(H,33,34)(H,35,36)(H,37,38);;;;/q-1;;+3;2*+1/p-2. The number of carboxylic acids is 4. The molecule has 1 rings (SSSR count). The monoisotopic (exact) mass is 791 g/mol. The van der Waals surface area contributed by atoms with Crippen molar-refractivity contribution in [1.82, 2.24) is 29.8 Å². The molecule has 18 nitrogen and oxygen atoms in total. The fraction of sp³-hybridized carbons (Fsp3) is 0.652. The molecular formula is C23H35GdN6Na2O12+2. The normalized spacial score (nSPS) is 15.1. The van der Waals surface area contributed by atoms with E-state index in [2.05, 4.69) is 12.4 Å². The zero-order chi connectivity index (χ0) is 31.4. The molecular weight excluding hydrogens is 756 g/mol. The molecule has 1 amide bonds. The Labute approximate surface area is 331 Å². The van der Waals surface area contributed by atoms with Gasteiger partial charge in [-0.3, -0.25) is 45.8 Å². The molecule has 237 valence electrons. The van der Waals surface area contributed by atoms with Crippen LogP contribution in [0.4, 0.5) is 0 Å². The molecule has 0 aromatic carbocycles. The van der Waals surface area contributed by atoms with Crippen LogP contribution >= 0.6 is 0 Å². The van der Waals surface area contributed by atoms with Crippen LogP contribution in [0.5, 0.6) is 0 Å². The molecule has 1 aliphatic rings. The van der Waals surface area contributed by atoms with E-state index in [0.717, 1.165) is 4.90 Å². The van der Waals surface area contributed by atoms with Gasteiger partial charge in [0.05, 0.1) is 38.1 Å². The van der Waals surface area contributed by atoms with E-state index in [-0.39, 0.29) is 190 Å². The SMILES string of the molecule is O=C=O.[CH2-]N(CC(=O)[O-])CC(=O)CNC(=O)CN1CCN(CC(=O)[O-])CCN(CC(=O)O)CCN(CC(=O)O)CC1.[Gd+3].[Na+].[Na+]. The van der Waals surface area contributed by atoms with E-state index in [1.165, 1.54) is 0 Å². The van der Waals surface area contributed by atoms with Gasteiger partial charge in [0.15, 0.2) is 5.78 Å². The quantitative estimate of drug-likeness (QED) is 0.109. The van der Waals surface area contributed by atoms with E-state index < -0.39 is 48.7 Å². The molecule has 1 fully saturated rings. The Morgan fingerprint density at radius 1 is 0.682 bits per heavy atom. The van der Waals surface area contributed by atoms with Crippen molar-refractivity contribution in [2.24, 2.45) is 0 Å². The third kappa shape index (κ3) is 29.0. The third-order valence-electron chi connectivity index (χ3n) is 5.60. The predicted octanol–water partition coefficient (Wildman–Crippen LogP) is -12.9. The van der Waals surface area contributed by atoms with Crippen LogP contribution in [0.3, 0.4) is 0 Å². The number of rotatable bonds is 14. The molecule has 1 radical (unpaired) electrons. The number of ketones is 1. The number of amides is 1. The zero-order valence-corrected chi connectivity index (χ0v) is 31.1. The fourth-order valence-electron chi connectivity index (χ4n) is 3.78. The molecule has 1 aliphatic heterocycles. The average molecular weight is 791 g/mol. The van der Waals surface area contributed by atoms with Gasteiger partial charge in [0.2, 0.25) is 5.91 Å². The fourth-order valence-corrected chi connectivity index (χ4v) is 3.78.